The highest BCUT2D eigenvalue weighted by Gasteiger charge is 2.24. The van der Waals surface area contributed by atoms with Gasteiger partial charge in [0.1, 0.15) is 12.8 Å². The van der Waals surface area contributed by atoms with Gasteiger partial charge in [-0.25, -0.2) is 14.1 Å². The van der Waals surface area contributed by atoms with Crippen molar-refractivity contribution in [1.82, 2.24) is 20.1 Å². The second-order valence-corrected chi connectivity index (χ2v) is 7.73. The molecule has 0 saturated carbocycles. The van der Waals surface area contributed by atoms with Crippen molar-refractivity contribution in [3.05, 3.63) is 63.9 Å². The molecule has 36 heavy (non-hydrogen) atoms. The molecule has 3 rings (SSSR count). The quantitative estimate of drug-likeness (QED) is 0.329. The number of amides is 2. The van der Waals surface area contributed by atoms with Gasteiger partial charge in [0.05, 0.1) is 40.2 Å². The zero-order valence-electron chi connectivity index (χ0n) is 19.5. The summed E-state index contributed by atoms with van der Waals surface area (Å²) in [6.45, 7) is 2.13. The summed E-state index contributed by atoms with van der Waals surface area (Å²) in [6.07, 6.45) is 2.82. The maximum absolute atomic E-state index is 13.4. The van der Waals surface area contributed by atoms with E-state index < -0.39 is 24.7 Å². The zero-order chi connectivity index (χ0) is 26.2. The molecule has 2 amide bonds. The van der Waals surface area contributed by atoms with Crippen molar-refractivity contribution in [2.75, 3.05) is 19.3 Å². The second-order valence-electron chi connectivity index (χ2n) is 7.32. The first-order valence-corrected chi connectivity index (χ1v) is 10.8. The van der Waals surface area contributed by atoms with Crippen molar-refractivity contribution in [3.63, 3.8) is 0 Å². The van der Waals surface area contributed by atoms with Gasteiger partial charge in [0.15, 0.2) is 5.82 Å². The number of benzene rings is 1. The SMILES string of the molecule is CO/N=C/C(C)NC(=O)c1cc(C#N)cc(C)c1NC(=O)c1cc(OCF)nn1-c1ncccc1Cl. The second kappa shape index (κ2) is 11.8. The number of nitriles is 1. The lowest BCUT2D eigenvalue weighted by Gasteiger charge is -2.16. The van der Waals surface area contributed by atoms with Crippen LogP contribution in [-0.2, 0) is 4.84 Å². The lowest BCUT2D eigenvalue weighted by Crippen LogP contribution is -2.34. The number of rotatable bonds is 9. The third-order valence-corrected chi connectivity index (χ3v) is 5.05. The van der Waals surface area contributed by atoms with E-state index in [4.69, 9.17) is 16.3 Å². The number of hydrogen-bond donors (Lipinski definition) is 2. The molecular formula is C23H21ClFN7O4. The predicted octanol–water partition coefficient (Wildman–Crippen LogP) is 3.41. The first kappa shape index (κ1) is 26.1. The van der Waals surface area contributed by atoms with Crippen LogP contribution in [-0.4, -0.2) is 52.8 Å². The lowest BCUT2D eigenvalue weighted by molar-refractivity contribution is 0.0950. The molecule has 11 nitrogen and oxygen atoms in total. The Labute approximate surface area is 210 Å². The van der Waals surface area contributed by atoms with E-state index in [9.17, 15) is 19.2 Å². The highest BCUT2D eigenvalue weighted by molar-refractivity contribution is 6.32. The summed E-state index contributed by atoms with van der Waals surface area (Å²) in [5.41, 5.74) is 0.778. The number of oxime groups is 1. The van der Waals surface area contributed by atoms with Crippen LogP contribution in [0.15, 0.2) is 41.7 Å². The van der Waals surface area contributed by atoms with Crippen molar-refractivity contribution in [3.8, 4) is 17.8 Å². The average Bonchev–Trinajstić information content (AvgIpc) is 3.27. The number of ether oxygens (including phenoxy) is 1. The van der Waals surface area contributed by atoms with Crippen LogP contribution < -0.4 is 15.4 Å². The van der Waals surface area contributed by atoms with E-state index in [1.807, 2.05) is 6.07 Å². The zero-order valence-corrected chi connectivity index (χ0v) is 20.2. The van der Waals surface area contributed by atoms with E-state index >= 15 is 0 Å². The highest BCUT2D eigenvalue weighted by Crippen LogP contribution is 2.26. The maximum atomic E-state index is 13.4. The molecular weight excluding hydrogens is 493 g/mol. The molecule has 0 aliphatic rings. The van der Waals surface area contributed by atoms with Crippen LogP contribution in [0.4, 0.5) is 10.1 Å². The molecule has 0 saturated heterocycles. The van der Waals surface area contributed by atoms with Crippen molar-refractivity contribution in [2.24, 2.45) is 5.16 Å². The molecule has 0 fully saturated rings. The van der Waals surface area contributed by atoms with Crippen LogP contribution in [0, 0.1) is 18.3 Å². The van der Waals surface area contributed by atoms with Gasteiger partial charge in [0.25, 0.3) is 11.8 Å². The van der Waals surface area contributed by atoms with Crippen molar-refractivity contribution in [1.29, 1.82) is 5.26 Å². The van der Waals surface area contributed by atoms with Gasteiger partial charge in [-0.2, -0.15) is 5.26 Å². The Morgan fingerprint density at radius 2 is 2.14 bits per heavy atom. The Hall–Kier alpha value is -4.50. The van der Waals surface area contributed by atoms with Crippen LogP contribution >= 0.6 is 11.6 Å². The molecule has 3 aromatic rings. The van der Waals surface area contributed by atoms with E-state index in [2.05, 4.69) is 30.7 Å². The molecule has 2 aromatic heterocycles. The number of aryl methyl sites for hydroxylation is 1. The van der Waals surface area contributed by atoms with Gasteiger partial charge in [-0.05, 0) is 43.7 Å². The van der Waals surface area contributed by atoms with Gasteiger partial charge in [-0.3, -0.25) is 9.59 Å². The number of aromatic nitrogens is 3. The lowest BCUT2D eigenvalue weighted by atomic mass is 10.0. The number of nitrogens with one attached hydrogen (secondary N) is 2. The molecule has 2 N–H and O–H groups in total. The number of anilines is 1. The summed E-state index contributed by atoms with van der Waals surface area (Å²) in [5, 5.41) is 22.6. The van der Waals surface area contributed by atoms with E-state index in [0.717, 1.165) is 4.68 Å². The van der Waals surface area contributed by atoms with Gasteiger partial charge >= 0.3 is 0 Å². The molecule has 13 heteroatoms. The van der Waals surface area contributed by atoms with Crippen LogP contribution in [0.1, 0.15) is 38.9 Å². The standard InChI is InChI=1S/C23H21ClFN7O4/c1-13-7-15(10-26)8-16(22(33)29-14(2)11-28-35-3)20(13)30-23(34)18-9-19(36-12-25)31-32(18)21-17(24)5-4-6-27-21/h4-9,11,14H,12H2,1-3H3,(H,29,33)(H,30,34)/b28-11+. The molecule has 0 bridgehead atoms. The van der Waals surface area contributed by atoms with Crippen molar-refractivity contribution >= 4 is 35.3 Å². The van der Waals surface area contributed by atoms with E-state index in [1.165, 1.54) is 37.7 Å². The highest BCUT2D eigenvalue weighted by atomic mass is 35.5. The minimum atomic E-state index is -1.17. The third kappa shape index (κ3) is 5.94. The van der Waals surface area contributed by atoms with Gasteiger partial charge in [0.2, 0.25) is 12.7 Å². The van der Waals surface area contributed by atoms with Crippen molar-refractivity contribution in [2.45, 2.75) is 19.9 Å². The molecule has 1 atom stereocenters. The fourth-order valence-corrected chi connectivity index (χ4v) is 3.39. The van der Waals surface area contributed by atoms with Crippen LogP contribution in [0.3, 0.4) is 0 Å². The fraction of sp³-hybridized carbons (Fsp3) is 0.217. The minimum absolute atomic E-state index is 0.0414. The Morgan fingerprint density at radius 1 is 1.36 bits per heavy atom. The monoisotopic (exact) mass is 513 g/mol. The Morgan fingerprint density at radius 3 is 2.81 bits per heavy atom. The molecule has 1 unspecified atom stereocenters. The fourth-order valence-electron chi connectivity index (χ4n) is 3.19. The minimum Gasteiger partial charge on any atom is -0.445 e. The first-order valence-electron chi connectivity index (χ1n) is 10.4. The number of alkyl halides is 1. The number of hydrogen-bond acceptors (Lipinski definition) is 8. The summed E-state index contributed by atoms with van der Waals surface area (Å²) < 4.78 is 18.7. The average molecular weight is 514 g/mol. The maximum Gasteiger partial charge on any atom is 0.274 e. The Bertz CT molecular complexity index is 1350. The topological polar surface area (TPSA) is 144 Å². The van der Waals surface area contributed by atoms with Crippen LogP contribution in [0.2, 0.25) is 5.02 Å². The van der Waals surface area contributed by atoms with Crippen LogP contribution in [0.25, 0.3) is 5.82 Å². The summed E-state index contributed by atoms with van der Waals surface area (Å²) >= 11 is 6.22. The molecule has 0 spiro atoms. The normalized spacial score (nSPS) is 11.6. The first-order chi connectivity index (χ1) is 17.3. The van der Waals surface area contributed by atoms with E-state index in [1.54, 1.807) is 26.0 Å². The number of halogens is 2. The summed E-state index contributed by atoms with van der Waals surface area (Å²) in [4.78, 5) is 35.1. The molecule has 0 aliphatic carbocycles. The smallest absolute Gasteiger partial charge is 0.274 e. The number of carbonyl (C=O) groups excluding carboxylic acids is 2. The Balaban J connectivity index is 2.03. The third-order valence-electron chi connectivity index (χ3n) is 4.76. The predicted molar refractivity (Wildman–Crippen MR) is 129 cm³/mol. The van der Waals surface area contributed by atoms with Gasteiger partial charge in [0, 0.05) is 12.3 Å². The summed E-state index contributed by atoms with van der Waals surface area (Å²) in [7, 11) is 1.37. The summed E-state index contributed by atoms with van der Waals surface area (Å²) in [5.74, 6) is -1.35. The van der Waals surface area contributed by atoms with Gasteiger partial charge < -0.3 is 20.2 Å². The van der Waals surface area contributed by atoms with Gasteiger partial charge in [-0.15, -0.1) is 5.10 Å². The van der Waals surface area contributed by atoms with Crippen molar-refractivity contribution < 1.29 is 23.6 Å². The molecule has 0 radical (unpaired) electrons. The largest absolute Gasteiger partial charge is 0.445 e. The number of carbonyl (C=O) groups is 2. The molecule has 2 heterocycles. The van der Waals surface area contributed by atoms with E-state index in [0.29, 0.717) is 5.56 Å². The van der Waals surface area contributed by atoms with Gasteiger partial charge in [-0.1, -0.05) is 16.8 Å². The molecule has 0 aliphatic heterocycles. The number of pyridine rings is 1. The Kier molecular flexibility index (Phi) is 8.53. The molecule has 1 aromatic carbocycles. The summed E-state index contributed by atoms with van der Waals surface area (Å²) in [6, 6.07) is 8.70. The van der Waals surface area contributed by atoms with Crippen LogP contribution in [0.5, 0.6) is 5.88 Å². The van der Waals surface area contributed by atoms with E-state index in [-0.39, 0.29) is 39.2 Å². The molecule has 186 valence electrons. The number of nitrogens with zero attached hydrogens (tertiary/aromatic N) is 5.